The number of halogens is 1. The minimum absolute atomic E-state index is 0.150. The van der Waals surface area contributed by atoms with Crippen molar-refractivity contribution in [2.75, 3.05) is 31.9 Å². The number of aryl methyl sites for hydroxylation is 2. The fourth-order valence-corrected chi connectivity index (χ4v) is 5.81. The summed E-state index contributed by atoms with van der Waals surface area (Å²) < 4.78 is 40.6. The van der Waals surface area contributed by atoms with Gasteiger partial charge < -0.3 is 14.8 Å². The smallest absolute Gasteiger partial charge is 0.177 e. The molecule has 1 unspecified atom stereocenters. The third kappa shape index (κ3) is 5.56. The summed E-state index contributed by atoms with van der Waals surface area (Å²) in [5.41, 5.74) is 3.57. The molecule has 1 aromatic carbocycles. The molecule has 1 N–H and O–H groups in total. The molecule has 10 nitrogen and oxygen atoms in total. The van der Waals surface area contributed by atoms with E-state index in [4.69, 9.17) is 26.1 Å². The van der Waals surface area contributed by atoms with Crippen LogP contribution < -0.4 is 5.32 Å². The predicted molar refractivity (Wildman–Crippen MR) is 147 cm³/mol. The number of benzene rings is 1. The second kappa shape index (κ2) is 11.0. The van der Waals surface area contributed by atoms with Crippen LogP contribution in [0.25, 0.3) is 22.4 Å². The first-order chi connectivity index (χ1) is 18.2. The van der Waals surface area contributed by atoms with Gasteiger partial charge in [-0.1, -0.05) is 17.7 Å². The Morgan fingerprint density at radius 1 is 1.18 bits per heavy atom. The summed E-state index contributed by atoms with van der Waals surface area (Å²) >= 11 is 6.42. The standard InChI is InChI=1S/C26H31ClN6O4S/c1-17-28-25-21(16-23(27)30-26(25)33(17)24-7-4-5-14-37-24)29-20-9-8-18(15-22(20)38(3,34)35)19-10-12-32(31-19)11-6-13-36-2/h8-10,12,15-16,24H,4-7,11,13-14H2,1-3H3,(H,29,30). The summed E-state index contributed by atoms with van der Waals surface area (Å²) in [6.45, 7) is 3.95. The number of nitrogens with zero attached hydrogens (tertiary/aromatic N) is 5. The third-order valence-corrected chi connectivity index (χ3v) is 7.89. The SMILES string of the molecule is COCCCn1ccc(-c2ccc(Nc3cc(Cl)nc4c3nc(C)n4C3CCCCO3)c(S(C)(=O)=O)c2)n1. The van der Waals surface area contributed by atoms with Crippen molar-refractivity contribution in [1.82, 2.24) is 24.3 Å². The van der Waals surface area contributed by atoms with Gasteiger partial charge in [-0.2, -0.15) is 5.10 Å². The van der Waals surface area contributed by atoms with Crippen molar-refractivity contribution in [2.24, 2.45) is 0 Å². The van der Waals surface area contributed by atoms with E-state index in [1.54, 1.807) is 25.3 Å². The second-order valence-electron chi connectivity index (χ2n) is 9.43. The summed E-state index contributed by atoms with van der Waals surface area (Å²) in [6.07, 6.45) is 6.70. The van der Waals surface area contributed by atoms with E-state index < -0.39 is 9.84 Å². The summed E-state index contributed by atoms with van der Waals surface area (Å²) in [5, 5.41) is 8.13. The van der Waals surface area contributed by atoms with Gasteiger partial charge in [0.1, 0.15) is 22.7 Å². The van der Waals surface area contributed by atoms with Gasteiger partial charge in [0.2, 0.25) is 0 Å². The third-order valence-electron chi connectivity index (χ3n) is 6.56. The maximum absolute atomic E-state index is 12.8. The van der Waals surface area contributed by atoms with E-state index in [-0.39, 0.29) is 16.3 Å². The van der Waals surface area contributed by atoms with Crippen molar-refractivity contribution in [2.45, 2.75) is 50.3 Å². The lowest BCUT2D eigenvalue weighted by Gasteiger charge is -2.25. The van der Waals surface area contributed by atoms with E-state index in [0.29, 0.717) is 53.6 Å². The van der Waals surface area contributed by atoms with Crippen LogP contribution in [0, 0.1) is 6.92 Å². The number of ether oxygens (including phenoxy) is 2. The molecule has 1 aliphatic heterocycles. The molecule has 1 saturated heterocycles. The van der Waals surface area contributed by atoms with Crippen LogP contribution in [0.2, 0.25) is 5.15 Å². The molecular weight excluding hydrogens is 528 g/mol. The molecule has 1 fully saturated rings. The highest BCUT2D eigenvalue weighted by Gasteiger charge is 2.24. The number of hydrogen-bond acceptors (Lipinski definition) is 8. The van der Waals surface area contributed by atoms with Crippen LogP contribution in [-0.2, 0) is 25.9 Å². The van der Waals surface area contributed by atoms with Gasteiger partial charge in [0.25, 0.3) is 0 Å². The molecule has 38 heavy (non-hydrogen) atoms. The first-order valence-electron chi connectivity index (χ1n) is 12.5. The Labute approximate surface area is 226 Å². The predicted octanol–water partition coefficient (Wildman–Crippen LogP) is 5.14. The molecule has 1 atom stereocenters. The number of aromatic nitrogens is 5. The minimum atomic E-state index is -3.59. The first-order valence-corrected chi connectivity index (χ1v) is 14.8. The fourth-order valence-electron chi connectivity index (χ4n) is 4.76. The van der Waals surface area contributed by atoms with Crippen molar-refractivity contribution >= 4 is 44.0 Å². The Hall–Kier alpha value is -2.99. The molecule has 0 spiro atoms. The van der Waals surface area contributed by atoms with Crippen LogP contribution >= 0.6 is 11.6 Å². The molecule has 4 heterocycles. The zero-order valence-electron chi connectivity index (χ0n) is 21.6. The number of imidazole rings is 1. The molecular formula is C26H31ClN6O4S. The molecule has 4 aromatic rings. The van der Waals surface area contributed by atoms with Gasteiger partial charge >= 0.3 is 0 Å². The van der Waals surface area contributed by atoms with Gasteiger partial charge in [-0.3, -0.25) is 9.25 Å². The summed E-state index contributed by atoms with van der Waals surface area (Å²) in [5.74, 6) is 0.754. The van der Waals surface area contributed by atoms with E-state index in [1.807, 2.05) is 34.5 Å². The van der Waals surface area contributed by atoms with Crippen LogP contribution in [0.4, 0.5) is 11.4 Å². The zero-order valence-corrected chi connectivity index (χ0v) is 23.2. The lowest BCUT2D eigenvalue weighted by atomic mass is 10.1. The molecule has 1 aliphatic rings. The van der Waals surface area contributed by atoms with E-state index in [0.717, 1.165) is 31.5 Å². The normalized spacial score (nSPS) is 16.3. The van der Waals surface area contributed by atoms with Gasteiger partial charge in [0.05, 0.1) is 22.0 Å². The molecule has 0 radical (unpaired) electrons. The summed E-state index contributed by atoms with van der Waals surface area (Å²) in [7, 11) is -1.92. The monoisotopic (exact) mass is 558 g/mol. The Bertz CT molecular complexity index is 1560. The molecule has 12 heteroatoms. The van der Waals surface area contributed by atoms with Crippen molar-refractivity contribution < 1.29 is 17.9 Å². The highest BCUT2D eigenvalue weighted by molar-refractivity contribution is 7.90. The Morgan fingerprint density at radius 3 is 2.76 bits per heavy atom. The van der Waals surface area contributed by atoms with Crippen molar-refractivity contribution in [3.8, 4) is 11.3 Å². The molecule has 202 valence electrons. The minimum Gasteiger partial charge on any atom is -0.385 e. The number of methoxy groups -OCH3 is 1. The average molecular weight is 559 g/mol. The molecule has 3 aromatic heterocycles. The number of pyridine rings is 1. The Morgan fingerprint density at radius 2 is 2.03 bits per heavy atom. The maximum Gasteiger partial charge on any atom is 0.177 e. The number of anilines is 2. The second-order valence-corrected chi connectivity index (χ2v) is 11.8. The number of hydrogen-bond donors (Lipinski definition) is 1. The molecule has 5 rings (SSSR count). The van der Waals surface area contributed by atoms with Gasteiger partial charge in [0, 0.05) is 51.0 Å². The van der Waals surface area contributed by atoms with Crippen molar-refractivity contribution in [3.05, 3.63) is 47.5 Å². The van der Waals surface area contributed by atoms with Crippen molar-refractivity contribution in [1.29, 1.82) is 0 Å². The maximum atomic E-state index is 12.8. The molecule has 0 bridgehead atoms. The van der Waals surface area contributed by atoms with E-state index >= 15 is 0 Å². The quantitative estimate of drug-likeness (QED) is 0.222. The number of fused-ring (bicyclic) bond motifs is 1. The molecule has 0 saturated carbocycles. The van der Waals surface area contributed by atoms with Crippen molar-refractivity contribution in [3.63, 3.8) is 0 Å². The van der Waals surface area contributed by atoms with Crippen LogP contribution in [0.15, 0.2) is 41.4 Å². The number of sulfone groups is 1. The topological polar surface area (TPSA) is 113 Å². The molecule has 0 aliphatic carbocycles. The van der Waals surface area contributed by atoms with Gasteiger partial charge in [-0.15, -0.1) is 0 Å². The largest absolute Gasteiger partial charge is 0.385 e. The molecule has 0 amide bonds. The number of nitrogens with one attached hydrogen (secondary N) is 1. The number of rotatable bonds is 9. The summed E-state index contributed by atoms with van der Waals surface area (Å²) in [6, 6.07) is 8.75. The Balaban J connectivity index is 1.51. The fraction of sp³-hybridized carbons (Fsp3) is 0.423. The van der Waals surface area contributed by atoms with Crippen LogP contribution in [-0.4, -0.2) is 59.3 Å². The van der Waals surface area contributed by atoms with Crippen LogP contribution in [0.3, 0.4) is 0 Å². The van der Waals surface area contributed by atoms with E-state index in [2.05, 4.69) is 15.4 Å². The summed E-state index contributed by atoms with van der Waals surface area (Å²) in [4.78, 5) is 9.43. The van der Waals surface area contributed by atoms with Crippen LogP contribution in [0.5, 0.6) is 0 Å². The van der Waals surface area contributed by atoms with E-state index in [9.17, 15) is 8.42 Å². The van der Waals surface area contributed by atoms with Gasteiger partial charge in [-0.25, -0.2) is 18.4 Å². The highest BCUT2D eigenvalue weighted by atomic mass is 35.5. The van der Waals surface area contributed by atoms with Crippen LogP contribution in [0.1, 0.15) is 37.7 Å². The van der Waals surface area contributed by atoms with Gasteiger partial charge in [-0.05, 0) is 50.8 Å². The van der Waals surface area contributed by atoms with Gasteiger partial charge in [0.15, 0.2) is 15.5 Å². The highest BCUT2D eigenvalue weighted by Crippen LogP contribution is 2.35. The Kier molecular flexibility index (Phi) is 7.71. The lowest BCUT2D eigenvalue weighted by molar-refractivity contribution is -0.0309. The lowest BCUT2D eigenvalue weighted by Crippen LogP contribution is -2.19. The zero-order chi connectivity index (χ0) is 26.9. The van der Waals surface area contributed by atoms with E-state index in [1.165, 1.54) is 6.26 Å². The average Bonchev–Trinajstić information content (AvgIpc) is 3.48. The first kappa shape index (κ1) is 26.6.